The molecule has 0 spiro atoms. The van der Waals surface area contributed by atoms with Gasteiger partial charge in [-0.1, -0.05) is 13.8 Å². The lowest BCUT2D eigenvalue weighted by Gasteiger charge is -2.17. The van der Waals surface area contributed by atoms with Crippen LogP contribution in [-0.2, 0) is 10.0 Å². The molecule has 0 aromatic heterocycles. The van der Waals surface area contributed by atoms with Crippen molar-refractivity contribution in [1.29, 1.82) is 0 Å². The van der Waals surface area contributed by atoms with Gasteiger partial charge in [0, 0.05) is 12.1 Å². The van der Waals surface area contributed by atoms with Crippen molar-refractivity contribution < 1.29 is 8.42 Å². The highest BCUT2D eigenvalue weighted by Crippen LogP contribution is 2.10. The summed E-state index contributed by atoms with van der Waals surface area (Å²) in [6.07, 6.45) is 4.03. The van der Waals surface area contributed by atoms with Crippen LogP contribution in [0.25, 0.3) is 0 Å². The van der Waals surface area contributed by atoms with E-state index < -0.39 is 10.0 Å². The molecule has 17 heavy (non-hydrogen) atoms. The van der Waals surface area contributed by atoms with E-state index in [2.05, 4.69) is 23.9 Å². The molecule has 1 aliphatic rings. The summed E-state index contributed by atoms with van der Waals surface area (Å²) < 4.78 is 26.6. The Bertz CT molecular complexity index is 308. The highest BCUT2D eigenvalue weighted by atomic mass is 32.2. The number of hydrogen-bond donors (Lipinski definition) is 2. The third-order valence-electron chi connectivity index (χ3n) is 3.14. The molecule has 0 saturated carbocycles. The van der Waals surface area contributed by atoms with Crippen LogP contribution >= 0.6 is 0 Å². The van der Waals surface area contributed by atoms with Gasteiger partial charge >= 0.3 is 0 Å². The molecule has 1 heterocycles. The van der Waals surface area contributed by atoms with Crippen molar-refractivity contribution in [3.63, 3.8) is 0 Å². The number of nitrogens with one attached hydrogen (secondary N) is 2. The van der Waals surface area contributed by atoms with E-state index >= 15 is 0 Å². The Morgan fingerprint density at radius 3 is 2.53 bits per heavy atom. The standard InChI is InChI=1S/C12H26N2O2S/c1-10(2)6-7-11(3)14-17(15,16)9-12-5-4-8-13-12/h10-14H,4-9H2,1-3H3. The number of hydrogen-bond acceptors (Lipinski definition) is 3. The van der Waals surface area contributed by atoms with Gasteiger partial charge in [0.1, 0.15) is 0 Å². The Balaban J connectivity index is 2.32. The molecule has 5 heteroatoms. The van der Waals surface area contributed by atoms with Gasteiger partial charge in [-0.05, 0) is 45.1 Å². The maximum atomic E-state index is 11.9. The molecule has 0 aliphatic carbocycles. The van der Waals surface area contributed by atoms with Crippen molar-refractivity contribution in [3.8, 4) is 0 Å². The second-order valence-corrected chi connectivity index (χ2v) is 7.36. The minimum Gasteiger partial charge on any atom is -0.313 e. The summed E-state index contributed by atoms with van der Waals surface area (Å²) in [5.74, 6) is 0.845. The van der Waals surface area contributed by atoms with Gasteiger partial charge in [-0.2, -0.15) is 0 Å². The third-order valence-corrected chi connectivity index (χ3v) is 4.74. The highest BCUT2D eigenvalue weighted by Gasteiger charge is 2.23. The fraction of sp³-hybridized carbons (Fsp3) is 1.00. The van der Waals surface area contributed by atoms with Crippen molar-refractivity contribution >= 4 is 10.0 Å². The lowest BCUT2D eigenvalue weighted by atomic mass is 10.1. The largest absolute Gasteiger partial charge is 0.313 e. The molecule has 0 bridgehead atoms. The first-order chi connectivity index (χ1) is 7.89. The molecule has 1 aliphatic heterocycles. The number of rotatable bonds is 7. The zero-order chi connectivity index (χ0) is 12.9. The van der Waals surface area contributed by atoms with Crippen molar-refractivity contribution in [1.82, 2.24) is 10.0 Å². The van der Waals surface area contributed by atoms with Gasteiger partial charge in [-0.3, -0.25) is 0 Å². The summed E-state index contributed by atoms with van der Waals surface area (Å²) in [5, 5.41) is 3.22. The van der Waals surface area contributed by atoms with Crippen LogP contribution in [-0.4, -0.2) is 32.8 Å². The maximum Gasteiger partial charge on any atom is 0.213 e. The molecule has 2 N–H and O–H groups in total. The Hall–Kier alpha value is -0.130. The lowest BCUT2D eigenvalue weighted by Crippen LogP contribution is -2.40. The smallest absolute Gasteiger partial charge is 0.213 e. The second kappa shape index (κ2) is 6.71. The fourth-order valence-corrected chi connectivity index (χ4v) is 3.80. The van der Waals surface area contributed by atoms with Crippen molar-refractivity contribution in [2.45, 2.75) is 58.5 Å². The van der Waals surface area contributed by atoms with Crippen molar-refractivity contribution in [3.05, 3.63) is 0 Å². The zero-order valence-electron chi connectivity index (χ0n) is 11.2. The predicted molar refractivity (Wildman–Crippen MR) is 71.5 cm³/mol. The van der Waals surface area contributed by atoms with E-state index in [1.807, 2.05) is 6.92 Å². The highest BCUT2D eigenvalue weighted by molar-refractivity contribution is 7.89. The SMILES string of the molecule is CC(C)CCC(C)NS(=O)(=O)CC1CCCN1. The molecule has 0 aromatic rings. The molecule has 0 amide bonds. The number of sulfonamides is 1. The van der Waals surface area contributed by atoms with Crippen LogP contribution in [0.4, 0.5) is 0 Å². The van der Waals surface area contributed by atoms with Crippen LogP contribution in [0.15, 0.2) is 0 Å². The van der Waals surface area contributed by atoms with Gasteiger partial charge in [0.05, 0.1) is 5.75 Å². The zero-order valence-corrected chi connectivity index (χ0v) is 12.0. The summed E-state index contributed by atoms with van der Waals surface area (Å²) in [5.41, 5.74) is 0. The molecule has 1 fully saturated rings. The second-order valence-electron chi connectivity index (χ2n) is 5.56. The van der Waals surface area contributed by atoms with Crippen molar-refractivity contribution in [2.75, 3.05) is 12.3 Å². The Morgan fingerprint density at radius 2 is 2.00 bits per heavy atom. The third kappa shape index (κ3) is 6.38. The average Bonchev–Trinajstić information content (AvgIpc) is 2.65. The Kier molecular flexibility index (Phi) is 5.89. The Labute approximate surface area is 106 Å². The Morgan fingerprint density at radius 1 is 1.29 bits per heavy atom. The molecule has 2 unspecified atom stereocenters. The summed E-state index contributed by atoms with van der Waals surface area (Å²) in [6, 6.07) is 0.189. The van der Waals surface area contributed by atoms with Crippen LogP contribution in [0.2, 0.25) is 0 Å². The molecule has 4 nitrogen and oxygen atoms in total. The predicted octanol–water partition coefficient (Wildman–Crippen LogP) is 1.48. The fourth-order valence-electron chi connectivity index (χ4n) is 2.16. The quantitative estimate of drug-likeness (QED) is 0.731. The summed E-state index contributed by atoms with van der Waals surface area (Å²) in [4.78, 5) is 0. The molecular formula is C12H26N2O2S. The van der Waals surface area contributed by atoms with E-state index in [0.29, 0.717) is 5.92 Å². The monoisotopic (exact) mass is 262 g/mol. The molecule has 102 valence electrons. The van der Waals surface area contributed by atoms with Gasteiger partial charge in [0.25, 0.3) is 0 Å². The van der Waals surface area contributed by atoms with Gasteiger partial charge in [-0.15, -0.1) is 0 Å². The van der Waals surface area contributed by atoms with Gasteiger partial charge in [0.15, 0.2) is 0 Å². The van der Waals surface area contributed by atoms with E-state index in [0.717, 1.165) is 32.2 Å². The lowest BCUT2D eigenvalue weighted by molar-refractivity contribution is 0.483. The van der Waals surface area contributed by atoms with Crippen molar-refractivity contribution in [2.24, 2.45) is 5.92 Å². The van der Waals surface area contributed by atoms with Crippen LogP contribution in [0, 0.1) is 5.92 Å². The molecule has 1 saturated heterocycles. The minimum atomic E-state index is -3.12. The first-order valence-electron chi connectivity index (χ1n) is 6.62. The van der Waals surface area contributed by atoms with Gasteiger partial charge < -0.3 is 5.32 Å². The summed E-state index contributed by atoms with van der Waals surface area (Å²) in [6.45, 7) is 7.21. The first kappa shape index (κ1) is 14.9. The molecule has 0 radical (unpaired) electrons. The van der Waals surface area contributed by atoms with Crippen LogP contribution < -0.4 is 10.0 Å². The van der Waals surface area contributed by atoms with Crippen LogP contribution in [0.1, 0.15) is 46.5 Å². The normalized spacial score (nSPS) is 23.2. The van der Waals surface area contributed by atoms with Crippen LogP contribution in [0.3, 0.4) is 0 Å². The van der Waals surface area contributed by atoms with E-state index in [9.17, 15) is 8.42 Å². The van der Waals surface area contributed by atoms with Crippen LogP contribution in [0.5, 0.6) is 0 Å². The molecule has 1 rings (SSSR count). The average molecular weight is 262 g/mol. The summed E-state index contributed by atoms with van der Waals surface area (Å²) in [7, 11) is -3.12. The van der Waals surface area contributed by atoms with Gasteiger partial charge in [-0.25, -0.2) is 13.1 Å². The van der Waals surface area contributed by atoms with E-state index in [4.69, 9.17) is 0 Å². The molecule has 2 atom stereocenters. The van der Waals surface area contributed by atoms with E-state index in [1.54, 1.807) is 0 Å². The van der Waals surface area contributed by atoms with E-state index in [-0.39, 0.29) is 17.8 Å². The summed E-state index contributed by atoms with van der Waals surface area (Å²) >= 11 is 0. The first-order valence-corrected chi connectivity index (χ1v) is 8.27. The molecule has 0 aromatic carbocycles. The molecular weight excluding hydrogens is 236 g/mol. The maximum absolute atomic E-state index is 11.9. The topological polar surface area (TPSA) is 58.2 Å². The minimum absolute atomic E-state index is 0.0452. The van der Waals surface area contributed by atoms with Gasteiger partial charge in [0.2, 0.25) is 10.0 Å². The van der Waals surface area contributed by atoms with E-state index in [1.165, 1.54) is 0 Å².